The van der Waals surface area contributed by atoms with Crippen molar-refractivity contribution in [2.24, 2.45) is 0 Å². The van der Waals surface area contributed by atoms with Gasteiger partial charge in [0.05, 0.1) is 0 Å². The van der Waals surface area contributed by atoms with Crippen LogP contribution in [0.1, 0.15) is 21.7 Å². The van der Waals surface area contributed by atoms with Gasteiger partial charge in [0, 0.05) is 24.6 Å². The molecule has 0 radical (unpaired) electrons. The van der Waals surface area contributed by atoms with Crippen LogP contribution in [0.2, 0.25) is 0 Å². The van der Waals surface area contributed by atoms with Crippen LogP contribution >= 0.6 is 0 Å². The predicted octanol–water partition coefficient (Wildman–Crippen LogP) is 1.21. The zero-order chi connectivity index (χ0) is 14.5. The lowest BCUT2D eigenvalue weighted by Gasteiger charge is -2.08. The van der Waals surface area contributed by atoms with Crippen molar-refractivity contribution in [3.63, 3.8) is 0 Å². The molecular weight excluding hydrogens is 258 g/mol. The minimum absolute atomic E-state index is 0.0199. The summed E-state index contributed by atoms with van der Waals surface area (Å²) in [6.07, 6.45) is 3.27. The smallest absolute Gasteiger partial charge is 0.352 e. The number of hydrogen-bond donors (Lipinski definition) is 2. The highest BCUT2D eigenvalue weighted by Gasteiger charge is 2.11. The van der Waals surface area contributed by atoms with E-state index in [9.17, 15) is 9.59 Å². The van der Waals surface area contributed by atoms with Crippen LogP contribution in [0.3, 0.4) is 0 Å². The van der Waals surface area contributed by atoms with Crippen LogP contribution in [0.4, 0.5) is 0 Å². The molecule has 0 atom stereocenters. The maximum atomic E-state index is 11.8. The molecule has 0 saturated carbocycles. The van der Waals surface area contributed by atoms with Gasteiger partial charge >= 0.3 is 5.97 Å². The highest BCUT2D eigenvalue weighted by atomic mass is 16.4. The second-order valence-corrected chi connectivity index (χ2v) is 4.41. The minimum atomic E-state index is -1.05. The molecule has 0 bridgehead atoms. The number of carbonyl (C=O) groups is 2. The van der Waals surface area contributed by atoms with Crippen LogP contribution in [-0.2, 0) is 17.9 Å². The molecule has 2 aromatic heterocycles. The predicted molar refractivity (Wildman–Crippen MR) is 72.2 cm³/mol. The number of carbonyl (C=O) groups excluding carboxylic acids is 1. The molecule has 2 N–H and O–H groups in total. The number of carboxylic acid groups (broad SMARTS) is 1. The van der Waals surface area contributed by atoms with E-state index in [1.807, 2.05) is 19.1 Å². The zero-order valence-corrected chi connectivity index (χ0v) is 11.0. The first-order valence-electron chi connectivity index (χ1n) is 6.13. The Kier molecular flexibility index (Phi) is 4.14. The molecule has 2 heterocycles. The third-order valence-electron chi connectivity index (χ3n) is 2.82. The van der Waals surface area contributed by atoms with Gasteiger partial charge in [-0.3, -0.25) is 9.78 Å². The van der Waals surface area contributed by atoms with Crippen molar-refractivity contribution < 1.29 is 14.7 Å². The van der Waals surface area contributed by atoms with E-state index in [4.69, 9.17) is 5.11 Å². The number of aromatic nitrogens is 2. The summed E-state index contributed by atoms with van der Waals surface area (Å²) in [6, 6.07) is 6.82. The summed E-state index contributed by atoms with van der Waals surface area (Å²) in [7, 11) is 0. The van der Waals surface area contributed by atoms with Gasteiger partial charge in [0.15, 0.2) is 0 Å². The fourth-order valence-corrected chi connectivity index (χ4v) is 1.76. The summed E-state index contributed by atoms with van der Waals surface area (Å²) >= 11 is 0. The van der Waals surface area contributed by atoms with Gasteiger partial charge in [0.1, 0.15) is 12.2 Å². The zero-order valence-electron chi connectivity index (χ0n) is 11.0. The SMILES string of the molecule is Cc1ccc(CNC(=O)Cn2cccc2C(=O)O)cn1. The first-order chi connectivity index (χ1) is 9.56. The van der Waals surface area contributed by atoms with Gasteiger partial charge in [-0.25, -0.2) is 4.79 Å². The number of nitrogens with one attached hydrogen (secondary N) is 1. The van der Waals surface area contributed by atoms with Crippen LogP contribution in [0.5, 0.6) is 0 Å². The topological polar surface area (TPSA) is 84.2 Å². The number of hydrogen-bond acceptors (Lipinski definition) is 3. The number of aromatic carboxylic acids is 1. The summed E-state index contributed by atoms with van der Waals surface area (Å²) in [5.41, 5.74) is 1.91. The Bertz CT molecular complexity index is 617. The molecule has 0 aliphatic rings. The molecule has 0 saturated heterocycles. The quantitative estimate of drug-likeness (QED) is 0.857. The fraction of sp³-hybridized carbons (Fsp3) is 0.214. The van der Waals surface area contributed by atoms with Crippen LogP contribution in [0, 0.1) is 6.92 Å². The summed E-state index contributed by atoms with van der Waals surface area (Å²) in [5.74, 6) is -1.30. The Balaban J connectivity index is 1.91. The molecule has 2 rings (SSSR count). The molecule has 0 aliphatic heterocycles. The van der Waals surface area contributed by atoms with Crippen LogP contribution in [0.15, 0.2) is 36.7 Å². The van der Waals surface area contributed by atoms with Crippen LogP contribution in [-0.4, -0.2) is 26.5 Å². The van der Waals surface area contributed by atoms with Crippen molar-refractivity contribution >= 4 is 11.9 Å². The highest BCUT2D eigenvalue weighted by Crippen LogP contribution is 2.02. The third-order valence-corrected chi connectivity index (χ3v) is 2.82. The highest BCUT2D eigenvalue weighted by molar-refractivity contribution is 5.86. The lowest BCUT2D eigenvalue weighted by atomic mass is 10.2. The van der Waals surface area contributed by atoms with Gasteiger partial charge in [0.25, 0.3) is 0 Å². The maximum absolute atomic E-state index is 11.8. The van der Waals surface area contributed by atoms with Crippen molar-refractivity contribution in [3.05, 3.63) is 53.6 Å². The molecule has 0 aromatic carbocycles. The van der Waals surface area contributed by atoms with E-state index in [1.54, 1.807) is 18.5 Å². The van der Waals surface area contributed by atoms with Gasteiger partial charge in [0.2, 0.25) is 5.91 Å². The minimum Gasteiger partial charge on any atom is -0.477 e. The fourth-order valence-electron chi connectivity index (χ4n) is 1.76. The van der Waals surface area contributed by atoms with Crippen molar-refractivity contribution in [2.75, 3.05) is 0 Å². The molecule has 6 nitrogen and oxygen atoms in total. The molecule has 0 fully saturated rings. The lowest BCUT2D eigenvalue weighted by molar-refractivity contribution is -0.121. The molecule has 0 unspecified atom stereocenters. The van der Waals surface area contributed by atoms with Crippen molar-refractivity contribution in [2.45, 2.75) is 20.0 Å². The maximum Gasteiger partial charge on any atom is 0.352 e. The van der Waals surface area contributed by atoms with E-state index in [2.05, 4.69) is 10.3 Å². The van der Waals surface area contributed by atoms with Crippen LogP contribution < -0.4 is 5.32 Å². The monoisotopic (exact) mass is 273 g/mol. The van der Waals surface area contributed by atoms with Crippen molar-refractivity contribution in [1.29, 1.82) is 0 Å². The number of rotatable bonds is 5. The van der Waals surface area contributed by atoms with Gasteiger partial charge < -0.3 is 15.0 Å². The van der Waals surface area contributed by atoms with E-state index in [0.717, 1.165) is 11.3 Å². The van der Waals surface area contributed by atoms with E-state index >= 15 is 0 Å². The van der Waals surface area contributed by atoms with E-state index in [-0.39, 0.29) is 18.1 Å². The number of amides is 1. The Morgan fingerprint density at radius 1 is 1.35 bits per heavy atom. The molecule has 1 amide bonds. The van der Waals surface area contributed by atoms with Crippen molar-refractivity contribution in [3.8, 4) is 0 Å². The molecular formula is C14H15N3O3. The third kappa shape index (κ3) is 3.44. The average Bonchev–Trinajstić information content (AvgIpc) is 2.86. The molecule has 104 valence electrons. The Labute approximate surface area is 116 Å². The number of carboxylic acids is 1. The van der Waals surface area contributed by atoms with Gasteiger partial charge in [-0.1, -0.05) is 6.07 Å². The molecule has 0 aliphatic carbocycles. The van der Waals surface area contributed by atoms with Gasteiger partial charge in [-0.2, -0.15) is 0 Å². The Morgan fingerprint density at radius 2 is 2.15 bits per heavy atom. The average molecular weight is 273 g/mol. The van der Waals surface area contributed by atoms with Crippen molar-refractivity contribution in [1.82, 2.24) is 14.9 Å². The summed E-state index contributed by atoms with van der Waals surface area (Å²) < 4.78 is 1.39. The second-order valence-electron chi connectivity index (χ2n) is 4.41. The summed E-state index contributed by atoms with van der Waals surface area (Å²) in [6.45, 7) is 2.24. The standard InChI is InChI=1S/C14H15N3O3/c1-10-4-5-11(7-15-10)8-16-13(18)9-17-6-2-3-12(17)14(19)20/h2-7H,8-9H2,1H3,(H,16,18)(H,19,20). The Morgan fingerprint density at radius 3 is 2.80 bits per heavy atom. The number of pyridine rings is 1. The lowest BCUT2D eigenvalue weighted by Crippen LogP contribution is -2.28. The normalized spacial score (nSPS) is 10.2. The first-order valence-corrected chi connectivity index (χ1v) is 6.13. The largest absolute Gasteiger partial charge is 0.477 e. The van der Waals surface area contributed by atoms with E-state index in [0.29, 0.717) is 6.54 Å². The molecule has 20 heavy (non-hydrogen) atoms. The van der Waals surface area contributed by atoms with E-state index < -0.39 is 5.97 Å². The van der Waals surface area contributed by atoms with E-state index in [1.165, 1.54) is 10.6 Å². The van der Waals surface area contributed by atoms with Crippen LogP contribution in [0.25, 0.3) is 0 Å². The molecule has 2 aromatic rings. The second kappa shape index (κ2) is 6.01. The number of aryl methyl sites for hydroxylation is 1. The summed E-state index contributed by atoms with van der Waals surface area (Å²) in [5, 5.41) is 11.7. The first kappa shape index (κ1) is 13.8. The number of nitrogens with zero attached hydrogens (tertiary/aromatic N) is 2. The summed E-state index contributed by atoms with van der Waals surface area (Å²) in [4.78, 5) is 26.8. The Hall–Kier alpha value is -2.63. The molecule has 6 heteroatoms. The molecule has 0 spiro atoms. The van der Waals surface area contributed by atoms with Gasteiger partial charge in [-0.05, 0) is 30.7 Å². The van der Waals surface area contributed by atoms with Gasteiger partial charge in [-0.15, -0.1) is 0 Å².